The van der Waals surface area contributed by atoms with E-state index < -0.39 is 0 Å². The maximum atomic E-state index is 3.77. The van der Waals surface area contributed by atoms with Gasteiger partial charge in [0, 0.05) is 17.3 Å². The Morgan fingerprint density at radius 2 is 1.90 bits per heavy atom. The van der Waals surface area contributed by atoms with Gasteiger partial charge in [0.05, 0.1) is 0 Å². The van der Waals surface area contributed by atoms with Gasteiger partial charge in [-0.1, -0.05) is 18.2 Å². The van der Waals surface area contributed by atoms with Crippen molar-refractivity contribution in [1.29, 1.82) is 0 Å². The highest BCUT2D eigenvalue weighted by Crippen LogP contribution is 2.29. The zero-order chi connectivity index (χ0) is 14.1. The second-order valence-corrected chi connectivity index (χ2v) is 7.57. The predicted octanol–water partition coefficient (Wildman–Crippen LogP) is 3.87. The van der Waals surface area contributed by atoms with Gasteiger partial charge in [0.2, 0.25) is 0 Å². The number of hydrogen-bond donors (Lipinski definition) is 1. The Hall–Kier alpha value is -0.900. The van der Waals surface area contributed by atoms with Crippen LogP contribution < -0.4 is 5.32 Å². The third-order valence-electron chi connectivity index (χ3n) is 4.93. The smallest absolute Gasteiger partial charge is 0.0346 e. The second-order valence-electron chi connectivity index (χ2n) is 6.66. The molecule has 1 aromatic carbocycles. The van der Waals surface area contributed by atoms with Crippen molar-refractivity contribution in [3.8, 4) is 0 Å². The Morgan fingerprint density at radius 3 is 2.71 bits per heavy atom. The van der Waals surface area contributed by atoms with Crippen molar-refractivity contribution in [2.75, 3.05) is 19.6 Å². The van der Waals surface area contributed by atoms with Gasteiger partial charge in [0.1, 0.15) is 0 Å². The SMILES string of the molecule is c1ccc2c(CN3CCC(NCC4CC4)CC3)csc2c1. The average molecular weight is 300 g/mol. The van der Waals surface area contributed by atoms with Crippen molar-refractivity contribution in [2.45, 2.75) is 38.3 Å². The Kier molecular flexibility index (Phi) is 3.97. The molecule has 2 heterocycles. The van der Waals surface area contributed by atoms with E-state index >= 15 is 0 Å². The first-order valence-electron chi connectivity index (χ1n) is 8.29. The number of hydrogen-bond acceptors (Lipinski definition) is 3. The van der Waals surface area contributed by atoms with Gasteiger partial charge in [-0.2, -0.15) is 0 Å². The molecule has 0 atom stereocenters. The van der Waals surface area contributed by atoms with Gasteiger partial charge >= 0.3 is 0 Å². The van der Waals surface area contributed by atoms with Crippen LogP contribution in [0.1, 0.15) is 31.2 Å². The summed E-state index contributed by atoms with van der Waals surface area (Å²) in [7, 11) is 0. The van der Waals surface area contributed by atoms with E-state index in [0.717, 1.165) is 18.5 Å². The summed E-state index contributed by atoms with van der Waals surface area (Å²) in [4.78, 5) is 2.63. The van der Waals surface area contributed by atoms with Crippen LogP contribution in [0.3, 0.4) is 0 Å². The molecule has 1 aromatic heterocycles. The number of thiophene rings is 1. The van der Waals surface area contributed by atoms with Crippen molar-refractivity contribution in [3.63, 3.8) is 0 Å². The molecular formula is C18H24N2S. The maximum Gasteiger partial charge on any atom is 0.0346 e. The van der Waals surface area contributed by atoms with E-state index in [1.807, 2.05) is 11.3 Å². The second kappa shape index (κ2) is 6.07. The summed E-state index contributed by atoms with van der Waals surface area (Å²) in [5.74, 6) is 1.00. The molecule has 0 unspecified atom stereocenters. The Labute approximate surface area is 131 Å². The summed E-state index contributed by atoms with van der Waals surface area (Å²) >= 11 is 1.88. The fraction of sp³-hybridized carbons (Fsp3) is 0.556. The monoisotopic (exact) mass is 300 g/mol. The van der Waals surface area contributed by atoms with Crippen LogP contribution in [0.15, 0.2) is 29.6 Å². The first kappa shape index (κ1) is 13.7. The van der Waals surface area contributed by atoms with Gasteiger partial charge in [0.15, 0.2) is 0 Å². The van der Waals surface area contributed by atoms with E-state index in [9.17, 15) is 0 Å². The molecule has 1 N–H and O–H groups in total. The third kappa shape index (κ3) is 3.31. The summed E-state index contributed by atoms with van der Waals surface area (Å²) in [6, 6.07) is 9.57. The topological polar surface area (TPSA) is 15.3 Å². The molecule has 112 valence electrons. The largest absolute Gasteiger partial charge is 0.314 e. The Bertz CT molecular complexity index is 594. The molecule has 1 aliphatic heterocycles. The van der Waals surface area contributed by atoms with Crippen LogP contribution in [0.4, 0.5) is 0 Å². The molecule has 0 amide bonds. The van der Waals surface area contributed by atoms with E-state index in [1.54, 1.807) is 0 Å². The molecule has 4 rings (SSSR count). The molecule has 2 aromatic rings. The van der Waals surface area contributed by atoms with Crippen LogP contribution in [-0.2, 0) is 6.54 Å². The van der Waals surface area contributed by atoms with E-state index in [2.05, 4.69) is 39.9 Å². The molecule has 2 fully saturated rings. The fourth-order valence-electron chi connectivity index (χ4n) is 3.35. The lowest BCUT2D eigenvalue weighted by Crippen LogP contribution is -2.42. The summed E-state index contributed by atoms with van der Waals surface area (Å²) in [5, 5.41) is 7.57. The van der Waals surface area contributed by atoms with Gasteiger partial charge in [0.25, 0.3) is 0 Å². The fourth-order valence-corrected chi connectivity index (χ4v) is 4.30. The van der Waals surface area contributed by atoms with Crippen LogP contribution in [0.25, 0.3) is 10.1 Å². The van der Waals surface area contributed by atoms with E-state index in [4.69, 9.17) is 0 Å². The van der Waals surface area contributed by atoms with E-state index in [0.29, 0.717) is 0 Å². The summed E-state index contributed by atoms with van der Waals surface area (Å²) < 4.78 is 1.42. The Morgan fingerprint density at radius 1 is 1.10 bits per heavy atom. The third-order valence-corrected chi connectivity index (χ3v) is 5.95. The van der Waals surface area contributed by atoms with Gasteiger partial charge in [-0.25, -0.2) is 0 Å². The minimum Gasteiger partial charge on any atom is -0.314 e. The van der Waals surface area contributed by atoms with E-state index in [-0.39, 0.29) is 0 Å². The molecule has 3 heteroatoms. The van der Waals surface area contributed by atoms with E-state index in [1.165, 1.54) is 61.0 Å². The molecule has 0 bridgehead atoms. The summed E-state index contributed by atoms with van der Waals surface area (Å²) in [6.45, 7) is 4.87. The number of fused-ring (bicyclic) bond motifs is 1. The lowest BCUT2D eigenvalue weighted by atomic mass is 10.0. The molecule has 2 nitrogen and oxygen atoms in total. The maximum absolute atomic E-state index is 3.77. The highest BCUT2D eigenvalue weighted by atomic mass is 32.1. The highest BCUT2D eigenvalue weighted by molar-refractivity contribution is 7.17. The van der Waals surface area contributed by atoms with Crippen molar-refractivity contribution in [2.24, 2.45) is 5.92 Å². The van der Waals surface area contributed by atoms with Crippen LogP contribution in [0.2, 0.25) is 0 Å². The summed E-state index contributed by atoms with van der Waals surface area (Å²) in [6.07, 6.45) is 5.54. The van der Waals surface area contributed by atoms with Crippen molar-refractivity contribution >= 4 is 21.4 Å². The quantitative estimate of drug-likeness (QED) is 0.902. The first-order valence-corrected chi connectivity index (χ1v) is 9.17. The predicted molar refractivity (Wildman–Crippen MR) is 90.9 cm³/mol. The number of nitrogens with one attached hydrogen (secondary N) is 1. The summed E-state index contributed by atoms with van der Waals surface area (Å²) in [5.41, 5.74) is 1.51. The standard InChI is InChI=1S/C18H24N2S/c1-2-4-18-17(3-1)15(13-21-18)12-20-9-7-16(8-10-20)19-11-14-5-6-14/h1-4,13-14,16,19H,5-12H2. The number of benzene rings is 1. The minimum atomic E-state index is 0.765. The van der Waals surface area contributed by atoms with Gasteiger partial charge in [-0.15, -0.1) is 11.3 Å². The molecular weight excluding hydrogens is 276 g/mol. The van der Waals surface area contributed by atoms with Gasteiger partial charge in [-0.3, -0.25) is 4.90 Å². The Balaban J connectivity index is 1.31. The van der Waals surface area contributed by atoms with Crippen molar-refractivity contribution < 1.29 is 0 Å². The molecule has 0 radical (unpaired) electrons. The highest BCUT2D eigenvalue weighted by Gasteiger charge is 2.24. The van der Waals surface area contributed by atoms with Crippen LogP contribution >= 0.6 is 11.3 Å². The molecule has 1 aliphatic carbocycles. The van der Waals surface area contributed by atoms with Crippen LogP contribution in [-0.4, -0.2) is 30.6 Å². The zero-order valence-electron chi connectivity index (χ0n) is 12.6. The molecule has 1 saturated heterocycles. The number of rotatable bonds is 5. The zero-order valence-corrected chi connectivity index (χ0v) is 13.4. The molecule has 0 spiro atoms. The van der Waals surface area contributed by atoms with Crippen LogP contribution in [0.5, 0.6) is 0 Å². The van der Waals surface area contributed by atoms with Crippen molar-refractivity contribution in [3.05, 3.63) is 35.2 Å². The van der Waals surface area contributed by atoms with Gasteiger partial charge < -0.3 is 5.32 Å². The lowest BCUT2D eigenvalue weighted by molar-refractivity contribution is 0.191. The van der Waals surface area contributed by atoms with Crippen LogP contribution in [0, 0.1) is 5.92 Å². The van der Waals surface area contributed by atoms with Gasteiger partial charge in [-0.05, 0) is 73.6 Å². The number of piperidine rings is 1. The normalized spacial score (nSPS) is 21.1. The molecule has 2 aliphatic rings. The minimum absolute atomic E-state index is 0.765. The average Bonchev–Trinajstić information content (AvgIpc) is 3.28. The van der Waals surface area contributed by atoms with Crippen molar-refractivity contribution in [1.82, 2.24) is 10.2 Å². The lowest BCUT2D eigenvalue weighted by Gasteiger charge is -2.32. The first-order chi connectivity index (χ1) is 10.4. The number of nitrogens with zero attached hydrogens (tertiary/aromatic N) is 1. The molecule has 21 heavy (non-hydrogen) atoms. The molecule has 1 saturated carbocycles. The number of likely N-dealkylation sites (tertiary alicyclic amines) is 1.